The van der Waals surface area contributed by atoms with Crippen molar-refractivity contribution in [1.82, 2.24) is 4.90 Å². The molecule has 0 bridgehead atoms. The second-order valence-electron chi connectivity index (χ2n) is 9.25. The average molecular weight is 436 g/mol. The second-order valence-corrected chi connectivity index (χ2v) is 10.1. The number of hydrogen-bond acceptors (Lipinski definition) is 4. The van der Waals surface area contributed by atoms with E-state index in [1.54, 1.807) is 0 Å². The topological polar surface area (TPSA) is 66.8 Å². The largest absolute Gasteiger partial charge is 0.480 e. The second kappa shape index (κ2) is 8.66. The number of benzene rings is 1. The Kier molecular flexibility index (Phi) is 7.08. The maximum Gasteiger partial charge on any atom is 0.323 e. The van der Waals surface area contributed by atoms with E-state index in [0.29, 0.717) is 10.5 Å². The summed E-state index contributed by atoms with van der Waals surface area (Å²) in [5, 5.41) is 9.39. The zero-order valence-electron chi connectivity index (χ0n) is 18.4. The van der Waals surface area contributed by atoms with Crippen LogP contribution in [-0.4, -0.2) is 55.4 Å². The molecule has 4 atom stereocenters. The van der Waals surface area contributed by atoms with Crippen molar-refractivity contribution in [2.45, 2.75) is 53.2 Å². The van der Waals surface area contributed by atoms with Gasteiger partial charge in [0.1, 0.15) is 17.0 Å². The molecule has 7 heteroatoms. The Morgan fingerprint density at radius 1 is 1.24 bits per heavy atom. The van der Waals surface area contributed by atoms with Crippen molar-refractivity contribution in [1.29, 1.82) is 0 Å². The lowest BCUT2D eigenvalue weighted by Gasteiger charge is -2.62. The Bertz CT molecular complexity index is 777. The molecule has 2 rings (SSSR count). The van der Waals surface area contributed by atoms with Gasteiger partial charge in [-0.2, -0.15) is 0 Å². The van der Waals surface area contributed by atoms with Crippen molar-refractivity contribution >= 4 is 39.4 Å². The highest BCUT2D eigenvalue weighted by Crippen LogP contribution is 2.52. The van der Waals surface area contributed by atoms with Gasteiger partial charge in [0, 0.05) is 10.8 Å². The fourth-order valence-electron chi connectivity index (χ4n) is 5.28. The normalized spacial score (nSPS) is 22.9. The van der Waals surface area contributed by atoms with Gasteiger partial charge in [-0.05, 0) is 16.9 Å². The van der Waals surface area contributed by atoms with Gasteiger partial charge in [0.25, 0.3) is 0 Å². The number of amides is 1. The molecule has 0 aromatic heterocycles. The number of aliphatic carboxylic acids is 1. The molecule has 1 fully saturated rings. The maximum absolute atomic E-state index is 13.3. The standard InChI is InChI=1S/C22H33NO4SSi/c1-13(2)22(27-29,21(4,5)6)17-18(23(20(17)26)12-16(24)25)14(3)19(28)15-10-8-7-9-11-15/h7-11,13-14,17-18H,12H2,1-6,29H3,(H,24,25)/t14-,17-,18-,22-/m1/s1. The summed E-state index contributed by atoms with van der Waals surface area (Å²) in [5.41, 5.74) is -0.0531. The molecule has 160 valence electrons. The van der Waals surface area contributed by atoms with Crippen LogP contribution in [0.2, 0.25) is 0 Å². The molecule has 1 aromatic rings. The maximum atomic E-state index is 13.3. The predicted molar refractivity (Wildman–Crippen MR) is 122 cm³/mol. The third-order valence-corrected chi connectivity index (χ3v) is 7.65. The van der Waals surface area contributed by atoms with Crippen molar-refractivity contribution in [2.75, 3.05) is 6.54 Å². The summed E-state index contributed by atoms with van der Waals surface area (Å²) in [6, 6.07) is 9.39. The molecule has 1 heterocycles. The van der Waals surface area contributed by atoms with Gasteiger partial charge in [0.05, 0.1) is 17.6 Å². The van der Waals surface area contributed by atoms with E-state index in [-0.39, 0.29) is 35.7 Å². The first kappa shape index (κ1) is 23.7. The van der Waals surface area contributed by atoms with Crippen LogP contribution in [0.5, 0.6) is 0 Å². The predicted octanol–water partition coefficient (Wildman–Crippen LogP) is 2.69. The van der Waals surface area contributed by atoms with Gasteiger partial charge < -0.3 is 14.4 Å². The summed E-state index contributed by atoms with van der Waals surface area (Å²) < 4.78 is 6.26. The van der Waals surface area contributed by atoms with Crippen LogP contribution in [-0.2, 0) is 14.0 Å². The number of thiocarbonyl (C=S) groups is 1. The number of hydrogen-bond donors (Lipinski definition) is 1. The van der Waals surface area contributed by atoms with E-state index < -0.39 is 17.5 Å². The molecular weight excluding hydrogens is 402 g/mol. The summed E-state index contributed by atoms with van der Waals surface area (Å²) in [4.78, 5) is 27.0. The highest BCUT2D eigenvalue weighted by atomic mass is 32.1. The smallest absolute Gasteiger partial charge is 0.323 e. The lowest BCUT2D eigenvalue weighted by molar-refractivity contribution is -0.202. The molecule has 1 N–H and O–H groups in total. The van der Waals surface area contributed by atoms with E-state index in [1.165, 1.54) is 4.90 Å². The minimum absolute atomic E-state index is 0.0842. The van der Waals surface area contributed by atoms with E-state index >= 15 is 0 Å². The molecule has 5 nitrogen and oxygen atoms in total. The summed E-state index contributed by atoms with van der Waals surface area (Å²) in [6.45, 7) is 12.1. The Labute approximate surface area is 182 Å². The summed E-state index contributed by atoms with van der Waals surface area (Å²) in [5.74, 6) is -1.69. The molecule has 1 amide bonds. The van der Waals surface area contributed by atoms with Crippen LogP contribution >= 0.6 is 12.2 Å². The summed E-state index contributed by atoms with van der Waals surface area (Å²) in [7, 11) is 0.483. The quantitative estimate of drug-likeness (QED) is 0.294. The van der Waals surface area contributed by atoms with Gasteiger partial charge in [-0.15, -0.1) is 0 Å². The molecule has 1 saturated heterocycles. The monoisotopic (exact) mass is 435 g/mol. The number of carboxylic acids is 1. The van der Waals surface area contributed by atoms with E-state index in [0.717, 1.165) is 10.4 Å². The first-order valence-electron chi connectivity index (χ1n) is 10.1. The van der Waals surface area contributed by atoms with Crippen molar-refractivity contribution in [3.8, 4) is 0 Å². The van der Waals surface area contributed by atoms with Crippen molar-refractivity contribution in [2.24, 2.45) is 23.2 Å². The van der Waals surface area contributed by atoms with Crippen LogP contribution in [0.4, 0.5) is 0 Å². The molecular formula is C22H33NO4SSi. The van der Waals surface area contributed by atoms with Crippen LogP contribution in [0.25, 0.3) is 0 Å². The molecule has 0 saturated carbocycles. The minimum Gasteiger partial charge on any atom is -0.480 e. The van der Waals surface area contributed by atoms with Crippen LogP contribution in [0, 0.1) is 23.2 Å². The van der Waals surface area contributed by atoms with Crippen LogP contribution in [0.3, 0.4) is 0 Å². The first-order chi connectivity index (χ1) is 13.4. The van der Waals surface area contributed by atoms with E-state index in [2.05, 4.69) is 34.6 Å². The zero-order valence-corrected chi connectivity index (χ0v) is 21.2. The molecule has 0 radical (unpaired) electrons. The van der Waals surface area contributed by atoms with Gasteiger partial charge in [-0.25, -0.2) is 0 Å². The highest BCUT2D eigenvalue weighted by molar-refractivity contribution is 7.80. The van der Waals surface area contributed by atoms with Gasteiger partial charge >= 0.3 is 5.97 Å². The van der Waals surface area contributed by atoms with Crippen molar-refractivity contribution < 1.29 is 19.1 Å². The Balaban J connectivity index is 2.54. The molecule has 29 heavy (non-hydrogen) atoms. The number of nitrogens with zero attached hydrogens (tertiary/aromatic N) is 1. The zero-order chi connectivity index (χ0) is 22.1. The SMILES string of the molecule is CC(C)[C@@](O[SiH3])([C@H]1C(=O)N(CC(=O)O)[C@@H]1[C@@H](C)C(=S)c1ccccc1)C(C)(C)C. The lowest BCUT2D eigenvalue weighted by Crippen LogP contribution is -2.75. The number of rotatable bonds is 8. The Morgan fingerprint density at radius 3 is 2.21 bits per heavy atom. The molecule has 1 aliphatic heterocycles. The van der Waals surface area contributed by atoms with Crippen molar-refractivity contribution in [3.63, 3.8) is 0 Å². The third-order valence-electron chi connectivity index (χ3n) is 6.37. The number of carbonyl (C=O) groups excluding carboxylic acids is 1. The van der Waals surface area contributed by atoms with E-state index in [1.807, 2.05) is 37.3 Å². The average Bonchev–Trinajstić information content (AvgIpc) is 2.65. The van der Waals surface area contributed by atoms with Gasteiger partial charge in [-0.1, -0.05) is 84.1 Å². The summed E-state index contributed by atoms with van der Waals surface area (Å²) in [6.07, 6.45) is 0. The van der Waals surface area contributed by atoms with Gasteiger partial charge in [-0.3, -0.25) is 9.59 Å². The number of carboxylic acid groups (broad SMARTS) is 1. The van der Waals surface area contributed by atoms with E-state index in [9.17, 15) is 14.7 Å². The van der Waals surface area contributed by atoms with Crippen LogP contribution < -0.4 is 0 Å². The highest BCUT2D eigenvalue weighted by Gasteiger charge is 2.64. The van der Waals surface area contributed by atoms with Gasteiger partial charge in [0.15, 0.2) is 0 Å². The lowest BCUT2D eigenvalue weighted by atomic mass is 9.56. The van der Waals surface area contributed by atoms with Gasteiger partial charge in [0.2, 0.25) is 5.91 Å². The number of β-lactam (4-membered cyclic amide) rings is 1. The van der Waals surface area contributed by atoms with Crippen molar-refractivity contribution in [3.05, 3.63) is 35.9 Å². The molecule has 0 unspecified atom stereocenters. The molecule has 1 aliphatic rings. The molecule has 0 spiro atoms. The number of likely N-dealkylation sites (tertiary alicyclic amines) is 1. The fourth-order valence-corrected chi connectivity index (χ4v) is 6.89. The van der Waals surface area contributed by atoms with Crippen LogP contribution in [0.1, 0.15) is 47.1 Å². The molecule has 1 aromatic carbocycles. The van der Waals surface area contributed by atoms with E-state index in [4.69, 9.17) is 16.6 Å². The minimum atomic E-state index is -1.02. The summed E-state index contributed by atoms with van der Waals surface area (Å²) >= 11 is 5.78. The number of carbonyl (C=O) groups is 2. The molecule has 0 aliphatic carbocycles. The Hall–Kier alpha value is -1.57. The Morgan fingerprint density at radius 2 is 1.79 bits per heavy atom. The van der Waals surface area contributed by atoms with Crippen LogP contribution in [0.15, 0.2) is 30.3 Å². The first-order valence-corrected chi connectivity index (χ1v) is 11.3. The third kappa shape index (κ3) is 4.05. The fraction of sp³-hybridized carbons (Fsp3) is 0.591.